The normalized spacial score (nSPS) is 15.6. The second-order valence-electron chi connectivity index (χ2n) is 6.51. The van der Waals surface area contributed by atoms with Gasteiger partial charge in [0.1, 0.15) is 17.6 Å². The molecule has 9 nitrogen and oxygen atoms in total. The molecule has 0 radical (unpaired) electrons. The van der Waals surface area contributed by atoms with Crippen molar-refractivity contribution in [1.82, 2.24) is 19.7 Å². The molecule has 0 spiro atoms. The smallest absolute Gasteiger partial charge is 0.322 e. The number of nitrogens with zero attached hydrogens (tertiary/aromatic N) is 4. The number of hydrogen-bond acceptors (Lipinski definition) is 6. The van der Waals surface area contributed by atoms with Crippen molar-refractivity contribution in [3.05, 3.63) is 60.0 Å². The van der Waals surface area contributed by atoms with Gasteiger partial charge in [0, 0.05) is 29.7 Å². The standard InChI is InChI=1S/C20H21N5O4/c1-28-16-6-7-17(29-2)18-13(16)11-24(12-15(18)26)20(27)23-14-5-3-8-21-19(14)25-10-4-9-22-25/h3-10,15,26H,11-12H2,1-2H3,(H,23,27)/t15-/m1/s1. The van der Waals surface area contributed by atoms with Crippen LogP contribution in [0.15, 0.2) is 48.9 Å². The number of aliphatic hydroxyl groups is 1. The van der Waals surface area contributed by atoms with Crippen LogP contribution in [0.25, 0.3) is 5.82 Å². The fourth-order valence-corrected chi connectivity index (χ4v) is 3.50. The van der Waals surface area contributed by atoms with Crippen molar-refractivity contribution in [2.24, 2.45) is 0 Å². The molecule has 2 aromatic heterocycles. The van der Waals surface area contributed by atoms with E-state index in [1.807, 2.05) is 0 Å². The van der Waals surface area contributed by atoms with Crippen LogP contribution < -0.4 is 14.8 Å². The highest BCUT2D eigenvalue weighted by Gasteiger charge is 2.32. The third-order valence-electron chi connectivity index (χ3n) is 4.83. The minimum absolute atomic E-state index is 0.125. The van der Waals surface area contributed by atoms with E-state index in [4.69, 9.17) is 9.47 Å². The lowest BCUT2D eigenvalue weighted by atomic mass is 9.95. The van der Waals surface area contributed by atoms with Crippen molar-refractivity contribution in [2.45, 2.75) is 12.6 Å². The van der Waals surface area contributed by atoms with E-state index >= 15 is 0 Å². The molecule has 3 aromatic rings. The molecule has 2 amide bonds. The largest absolute Gasteiger partial charge is 0.496 e. The molecule has 9 heteroatoms. The number of amides is 2. The maximum atomic E-state index is 13.0. The molecule has 1 aliphatic heterocycles. The first kappa shape index (κ1) is 18.8. The molecular weight excluding hydrogens is 374 g/mol. The molecule has 150 valence electrons. The van der Waals surface area contributed by atoms with Gasteiger partial charge < -0.3 is 24.8 Å². The monoisotopic (exact) mass is 395 g/mol. The Labute approximate surface area is 167 Å². The molecular formula is C20H21N5O4. The molecule has 0 aliphatic carbocycles. The Hall–Kier alpha value is -3.59. The van der Waals surface area contributed by atoms with Gasteiger partial charge in [-0.3, -0.25) is 0 Å². The van der Waals surface area contributed by atoms with E-state index in [0.717, 1.165) is 5.56 Å². The summed E-state index contributed by atoms with van der Waals surface area (Å²) in [5.74, 6) is 1.67. The molecule has 0 unspecified atom stereocenters. The highest BCUT2D eigenvalue weighted by Crippen LogP contribution is 2.39. The van der Waals surface area contributed by atoms with Gasteiger partial charge in [0.2, 0.25) is 0 Å². The summed E-state index contributed by atoms with van der Waals surface area (Å²) in [6.45, 7) is 0.399. The molecule has 29 heavy (non-hydrogen) atoms. The first-order valence-corrected chi connectivity index (χ1v) is 9.05. The first-order valence-electron chi connectivity index (χ1n) is 9.05. The van der Waals surface area contributed by atoms with Gasteiger partial charge in [0.15, 0.2) is 5.82 Å². The van der Waals surface area contributed by atoms with Crippen molar-refractivity contribution in [1.29, 1.82) is 0 Å². The minimum Gasteiger partial charge on any atom is -0.496 e. The molecule has 0 fully saturated rings. The van der Waals surface area contributed by atoms with Gasteiger partial charge in [0.25, 0.3) is 0 Å². The minimum atomic E-state index is -0.894. The number of ether oxygens (including phenoxy) is 2. The second kappa shape index (κ2) is 7.80. The lowest BCUT2D eigenvalue weighted by Crippen LogP contribution is -2.41. The lowest BCUT2D eigenvalue weighted by Gasteiger charge is -2.34. The fraction of sp³-hybridized carbons (Fsp3) is 0.250. The van der Waals surface area contributed by atoms with Gasteiger partial charge in [-0.25, -0.2) is 14.5 Å². The number of anilines is 1. The zero-order valence-electron chi connectivity index (χ0n) is 16.1. The summed E-state index contributed by atoms with van der Waals surface area (Å²) in [5.41, 5.74) is 1.88. The van der Waals surface area contributed by atoms with Gasteiger partial charge in [-0.1, -0.05) is 0 Å². The first-order chi connectivity index (χ1) is 14.1. The summed E-state index contributed by atoms with van der Waals surface area (Å²) in [6, 6.07) is 8.42. The van der Waals surface area contributed by atoms with Crippen LogP contribution in [0.4, 0.5) is 10.5 Å². The number of urea groups is 1. The number of carbonyl (C=O) groups excluding carboxylic acids is 1. The highest BCUT2D eigenvalue weighted by atomic mass is 16.5. The number of nitrogens with one attached hydrogen (secondary N) is 1. The Bertz CT molecular complexity index is 1020. The number of aromatic nitrogens is 3. The number of carbonyl (C=O) groups is 1. The Morgan fingerprint density at radius 3 is 2.69 bits per heavy atom. The molecule has 1 aliphatic rings. The quantitative estimate of drug-likeness (QED) is 0.703. The lowest BCUT2D eigenvalue weighted by molar-refractivity contribution is 0.105. The van der Waals surface area contributed by atoms with Crippen LogP contribution in [0.2, 0.25) is 0 Å². The highest BCUT2D eigenvalue weighted by molar-refractivity contribution is 5.91. The zero-order valence-corrected chi connectivity index (χ0v) is 16.1. The van der Waals surface area contributed by atoms with Crippen LogP contribution in [0.3, 0.4) is 0 Å². The van der Waals surface area contributed by atoms with Crippen LogP contribution in [0, 0.1) is 0 Å². The summed E-state index contributed by atoms with van der Waals surface area (Å²) >= 11 is 0. The van der Waals surface area contributed by atoms with Crippen LogP contribution >= 0.6 is 0 Å². The summed E-state index contributed by atoms with van der Waals surface area (Å²) in [5, 5.41) is 17.7. The van der Waals surface area contributed by atoms with Crippen LogP contribution in [0.1, 0.15) is 17.2 Å². The number of methoxy groups -OCH3 is 2. The molecule has 4 rings (SSSR count). The van der Waals surface area contributed by atoms with E-state index in [0.29, 0.717) is 28.6 Å². The third-order valence-corrected chi connectivity index (χ3v) is 4.83. The van der Waals surface area contributed by atoms with Gasteiger partial charge in [-0.05, 0) is 30.3 Å². The Kier molecular flexibility index (Phi) is 5.05. The number of rotatable bonds is 4. The average molecular weight is 395 g/mol. The molecule has 0 saturated carbocycles. The van der Waals surface area contributed by atoms with Crippen LogP contribution in [0.5, 0.6) is 11.5 Å². The topological polar surface area (TPSA) is 102 Å². The summed E-state index contributed by atoms with van der Waals surface area (Å²) in [7, 11) is 3.10. The third kappa shape index (κ3) is 3.47. The number of fused-ring (bicyclic) bond motifs is 1. The van der Waals surface area contributed by atoms with Crippen molar-refractivity contribution in [3.63, 3.8) is 0 Å². The molecule has 1 atom stereocenters. The fourth-order valence-electron chi connectivity index (χ4n) is 3.50. The van der Waals surface area contributed by atoms with Crippen molar-refractivity contribution in [2.75, 3.05) is 26.1 Å². The molecule has 2 N–H and O–H groups in total. The maximum absolute atomic E-state index is 13.0. The Balaban J connectivity index is 1.61. The molecule has 3 heterocycles. The van der Waals surface area contributed by atoms with Gasteiger partial charge in [-0.15, -0.1) is 0 Å². The number of hydrogen-bond donors (Lipinski definition) is 2. The van der Waals surface area contributed by atoms with Crippen molar-refractivity contribution in [3.8, 4) is 17.3 Å². The molecule has 1 aromatic carbocycles. The number of aliphatic hydroxyl groups excluding tert-OH is 1. The SMILES string of the molecule is COc1ccc(OC)c2c1CN(C(=O)Nc1cccnc1-n1cccn1)C[C@H]2O. The second-order valence-corrected chi connectivity index (χ2v) is 6.51. The maximum Gasteiger partial charge on any atom is 0.322 e. The molecule has 0 bridgehead atoms. The summed E-state index contributed by atoms with van der Waals surface area (Å²) < 4.78 is 12.4. The van der Waals surface area contributed by atoms with E-state index in [2.05, 4.69) is 15.4 Å². The van der Waals surface area contributed by atoms with Crippen molar-refractivity contribution < 1.29 is 19.4 Å². The van der Waals surface area contributed by atoms with Gasteiger partial charge in [-0.2, -0.15) is 5.10 Å². The zero-order chi connectivity index (χ0) is 20.4. The van der Waals surface area contributed by atoms with E-state index in [-0.39, 0.29) is 19.1 Å². The van der Waals surface area contributed by atoms with Crippen LogP contribution in [-0.4, -0.2) is 51.6 Å². The predicted molar refractivity (Wildman–Crippen MR) is 105 cm³/mol. The predicted octanol–water partition coefficient (Wildman–Crippen LogP) is 2.37. The average Bonchev–Trinajstić information content (AvgIpc) is 3.27. The number of pyridine rings is 1. The Morgan fingerprint density at radius 2 is 1.97 bits per heavy atom. The van der Waals surface area contributed by atoms with E-state index in [1.54, 1.807) is 67.8 Å². The molecule has 0 saturated heterocycles. The van der Waals surface area contributed by atoms with E-state index in [1.165, 1.54) is 4.90 Å². The summed E-state index contributed by atoms with van der Waals surface area (Å²) in [6.07, 6.45) is 4.12. The Morgan fingerprint density at radius 1 is 1.17 bits per heavy atom. The van der Waals surface area contributed by atoms with Crippen molar-refractivity contribution >= 4 is 11.7 Å². The van der Waals surface area contributed by atoms with Gasteiger partial charge >= 0.3 is 6.03 Å². The number of β-amino-alcohol motifs (C(OH)–C–C–N with tert-alkyl or cyclic N) is 1. The van der Waals surface area contributed by atoms with Crippen LogP contribution in [-0.2, 0) is 6.54 Å². The van der Waals surface area contributed by atoms with E-state index < -0.39 is 6.10 Å². The summed E-state index contributed by atoms with van der Waals surface area (Å²) in [4.78, 5) is 18.8. The van der Waals surface area contributed by atoms with E-state index in [9.17, 15) is 9.90 Å². The van der Waals surface area contributed by atoms with Gasteiger partial charge in [0.05, 0.1) is 33.0 Å². The number of benzene rings is 1.